The van der Waals surface area contributed by atoms with E-state index in [0.29, 0.717) is 23.5 Å². The van der Waals surface area contributed by atoms with Crippen LogP contribution in [0.15, 0.2) is 52.2 Å². The number of hydrogen-bond donors (Lipinski definition) is 2. The normalized spacial score (nSPS) is 13.9. The molecule has 48 heavy (non-hydrogen) atoms. The Kier molecular flexibility index (Phi) is 30.1. The van der Waals surface area contributed by atoms with Gasteiger partial charge in [-0.25, -0.2) is 13.8 Å². The number of benzene rings is 1. The summed E-state index contributed by atoms with van der Waals surface area (Å²) in [5.41, 5.74) is 3.57. The molecule has 8 nitrogen and oxygen atoms in total. The van der Waals surface area contributed by atoms with Crippen molar-refractivity contribution in [1.82, 2.24) is 15.5 Å². The van der Waals surface area contributed by atoms with Gasteiger partial charge in [-0.1, -0.05) is 72.2 Å². The minimum atomic E-state index is -2.86. The molecule has 1 fully saturated rings. The zero-order valence-corrected chi connectivity index (χ0v) is 31.6. The van der Waals surface area contributed by atoms with Crippen molar-refractivity contribution in [2.45, 2.75) is 120 Å². The van der Waals surface area contributed by atoms with Crippen LogP contribution in [0.3, 0.4) is 0 Å². The molecular weight excluding hydrogens is 612 g/mol. The number of aliphatic imine (C=N–C) groups is 2. The SMILES string of the molecule is C=CNC(=NCCC)c1cccc(C(C)(F)F)c1C.C=O.C=O.CC.CC1=C(C)N=C(NC(=O)C2CCCC2)C1.CCCN(C)CCC. The predicted octanol–water partition coefficient (Wildman–Crippen LogP) is 8.78. The summed E-state index contributed by atoms with van der Waals surface area (Å²) in [6.07, 6.45) is 10.2. The largest absolute Gasteiger partial charge is 0.347 e. The van der Waals surface area contributed by atoms with Gasteiger partial charge >= 0.3 is 0 Å². The smallest absolute Gasteiger partial charge is 0.270 e. The first-order valence-corrected chi connectivity index (χ1v) is 17.1. The Morgan fingerprint density at radius 2 is 1.56 bits per heavy atom. The van der Waals surface area contributed by atoms with Crippen LogP contribution in [-0.2, 0) is 20.3 Å². The van der Waals surface area contributed by atoms with E-state index in [0.717, 1.165) is 44.1 Å². The van der Waals surface area contributed by atoms with Crippen molar-refractivity contribution in [3.8, 4) is 0 Å². The number of nitrogens with one attached hydrogen (secondary N) is 2. The van der Waals surface area contributed by atoms with Gasteiger partial charge in [0.2, 0.25) is 5.91 Å². The Labute approximate surface area is 290 Å². The molecule has 274 valence electrons. The van der Waals surface area contributed by atoms with Crippen LogP contribution in [0.5, 0.6) is 0 Å². The van der Waals surface area contributed by atoms with Crippen molar-refractivity contribution < 1.29 is 23.2 Å². The lowest BCUT2D eigenvalue weighted by Gasteiger charge is -2.17. The number of nitrogens with zero attached hydrogens (tertiary/aromatic N) is 3. The van der Waals surface area contributed by atoms with Gasteiger partial charge in [-0.3, -0.25) is 9.79 Å². The first kappa shape index (κ1) is 48.9. The summed E-state index contributed by atoms with van der Waals surface area (Å²) in [4.78, 5) is 38.9. The molecule has 3 rings (SSSR count). The zero-order chi connectivity index (χ0) is 37.7. The van der Waals surface area contributed by atoms with Crippen molar-refractivity contribution in [3.05, 3.63) is 58.9 Å². The third-order valence-electron chi connectivity index (χ3n) is 7.35. The maximum Gasteiger partial charge on any atom is 0.270 e. The van der Waals surface area contributed by atoms with Crippen molar-refractivity contribution in [1.29, 1.82) is 0 Å². The van der Waals surface area contributed by atoms with Crippen molar-refractivity contribution in [2.24, 2.45) is 15.9 Å². The molecule has 2 N–H and O–H groups in total. The average Bonchev–Trinajstić information content (AvgIpc) is 3.72. The number of carbonyl (C=O) groups excluding carboxylic acids is 3. The molecule has 0 bridgehead atoms. The fourth-order valence-corrected chi connectivity index (χ4v) is 4.99. The summed E-state index contributed by atoms with van der Waals surface area (Å²) in [7, 11) is 2.17. The molecule has 1 aliphatic heterocycles. The third kappa shape index (κ3) is 20.0. The van der Waals surface area contributed by atoms with Gasteiger partial charge in [-0.15, -0.1) is 0 Å². The quantitative estimate of drug-likeness (QED) is 0.190. The van der Waals surface area contributed by atoms with E-state index < -0.39 is 5.92 Å². The minimum Gasteiger partial charge on any atom is -0.347 e. The molecule has 0 unspecified atom stereocenters. The lowest BCUT2D eigenvalue weighted by atomic mass is 9.97. The highest BCUT2D eigenvalue weighted by Crippen LogP contribution is 2.31. The predicted molar refractivity (Wildman–Crippen MR) is 200 cm³/mol. The Morgan fingerprint density at radius 1 is 1.02 bits per heavy atom. The Hall–Kier alpha value is -3.53. The standard InChI is InChI=1S/C15H20F2N2.C12H18N2O.C7H17N.C2H6.2CH2O/c1-5-10-19-14(18-6-2)12-8-7-9-13(11(12)3)15(4,16)17;1-8-7-11(13-9(8)2)14-12(15)10-5-3-4-6-10;1-4-6-8(3)7-5-2;3*1-2/h6-9H,2,5,10H2,1,3-4H3,(H,18,19);10H,3-7H2,1-2H3,(H,13,14,15);4-7H2,1-3H3;1-2H3;2*1H2. The minimum absolute atomic E-state index is 0.0278. The number of halogens is 2. The summed E-state index contributed by atoms with van der Waals surface area (Å²) in [6.45, 7) is 27.8. The van der Waals surface area contributed by atoms with Crippen LogP contribution < -0.4 is 10.6 Å². The van der Waals surface area contributed by atoms with Crippen molar-refractivity contribution >= 4 is 31.2 Å². The topological polar surface area (TPSA) is 103 Å². The Bertz CT molecular complexity index is 1120. The van der Waals surface area contributed by atoms with Crippen LogP contribution in [0.2, 0.25) is 0 Å². The molecule has 10 heteroatoms. The van der Waals surface area contributed by atoms with Gasteiger partial charge in [0, 0.05) is 42.6 Å². The summed E-state index contributed by atoms with van der Waals surface area (Å²) in [5, 5.41) is 5.87. The van der Waals surface area contributed by atoms with E-state index in [9.17, 15) is 13.6 Å². The number of alkyl halides is 2. The van der Waals surface area contributed by atoms with E-state index >= 15 is 0 Å². The van der Waals surface area contributed by atoms with Gasteiger partial charge in [-0.05, 0) is 90.3 Å². The average molecular weight is 678 g/mol. The second-order valence-corrected chi connectivity index (χ2v) is 11.3. The van der Waals surface area contributed by atoms with Crippen LogP contribution in [-0.4, -0.2) is 62.7 Å². The molecule has 1 aliphatic carbocycles. The number of hydrogen-bond acceptors (Lipinski definition) is 6. The molecule has 1 amide bonds. The summed E-state index contributed by atoms with van der Waals surface area (Å²) < 4.78 is 27.0. The van der Waals surface area contributed by atoms with E-state index in [4.69, 9.17) is 9.59 Å². The van der Waals surface area contributed by atoms with E-state index in [1.54, 1.807) is 19.1 Å². The number of rotatable bonds is 10. The highest BCUT2D eigenvalue weighted by molar-refractivity contribution is 6.02. The van der Waals surface area contributed by atoms with E-state index in [1.807, 2.05) is 41.3 Å². The highest BCUT2D eigenvalue weighted by atomic mass is 19.3. The molecule has 1 heterocycles. The van der Waals surface area contributed by atoms with Crippen LogP contribution in [0.4, 0.5) is 8.78 Å². The summed E-state index contributed by atoms with van der Waals surface area (Å²) in [6, 6.07) is 4.86. The van der Waals surface area contributed by atoms with Crippen molar-refractivity contribution in [3.63, 3.8) is 0 Å². The molecule has 1 aromatic carbocycles. The monoisotopic (exact) mass is 678 g/mol. The van der Waals surface area contributed by atoms with Crippen LogP contribution in [0.25, 0.3) is 0 Å². The first-order valence-electron chi connectivity index (χ1n) is 17.1. The van der Waals surface area contributed by atoms with Gasteiger partial charge in [0.05, 0.1) is 0 Å². The van der Waals surface area contributed by atoms with E-state index in [2.05, 4.69) is 59.9 Å². The second kappa shape index (κ2) is 29.6. The number of amidine groups is 2. The van der Waals surface area contributed by atoms with Crippen LogP contribution in [0, 0.1) is 12.8 Å². The molecule has 0 radical (unpaired) electrons. The Balaban J connectivity index is -0.000000621. The molecule has 1 saturated carbocycles. The van der Waals surface area contributed by atoms with Gasteiger partial charge in [0.15, 0.2) is 0 Å². The van der Waals surface area contributed by atoms with Gasteiger partial charge in [0.25, 0.3) is 5.92 Å². The maximum absolute atomic E-state index is 13.5. The summed E-state index contributed by atoms with van der Waals surface area (Å²) >= 11 is 0. The molecule has 0 atom stereocenters. The zero-order valence-electron chi connectivity index (χ0n) is 31.6. The van der Waals surface area contributed by atoms with Crippen LogP contribution >= 0.6 is 0 Å². The van der Waals surface area contributed by atoms with Gasteiger partial charge in [-0.2, -0.15) is 0 Å². The number of amides is 1. The summed E-state index contributed by atoms with van der Waals surface area (Å²) in [5.74, 6) is -1.03. The van der Waals surface area contributed by atoms with Gasteiger partial charge in [0.1, 0.15) is 25.2 Å². The third-order valence-corrected chi connectivity index (χ3v) is 7.35. The molecule has 1 aromatic rings. The molecule has 0 aromatic heterocycles. The van der Waals surface area contributed by atoms with Gasteiger partial charge < -0.3 is 25.1 Å². The lowest BCUT2D eigenvalue weighted by molar-refractivity contribution is -0.123. The number of carbonyl (C=O) groups is 3. The molecular formula is C38H65F2N5O3. The molecule has 2 aliphatic rings. The first-order chi connectivity index (χ1) is 22.9. The van der Waals surface area contributed by atoms with E-state index in [1.165, 1.54) is 56.6 Å². The van der Waals surface area contributed by atoms with Crippen LogP contribution in [0.1, 0.15) is 123 Å². The molecule has 0 saturated heterocycles. The maximum atomic E-state index is 13.5. The lowest BCUT2D eigenvalue weighted by Crippen LogP contribution is -2.34. The fourth-order valence-electron chi connectivity index (χ4n) is 4.99. The number of allylic oxidation sites excluding steroid dienone is 1. The Morgan fingerprint density at radius 3 is 1.98 bits per heavy atom. The second-order valence-electron chi connectivity index (χ2n) is 11.3. The molecule has 0 spiro atoms. The fraction of sp³-hybridized carbons (Fsp3) is 0.605. The van der Waals surface area contributed by atoms with Crippen molar-refractivity contribution in [2.75, 3.05) is 26.7 Å². The van der Waals surface area contributed by atoms with E-state index in [-0.39, 0.29) is 17.4 Å². The highest BCUT2D eigenvalue weighted by Gasteiger charge is 2.28.